The van der Waals surface area contributed by atoms with Crippen molar-refractivity contribution in [2.45, 2.75) is 39.2 Å². The van der Waals surface area contributed by atoms with E-state index >= 15 is 0 Å². The predicted molar refractivity (Wildman–Crippen MR) is 76.1 cm³/mol. The fourth-order valence-corrected chi connectivity index (χ4v) is 3.27. The summed E-state index contributed by atoms with van der Waals surface area (Å²) in [4.78, 5) is 12.1. The standard InChI is InChI=1S/C13H23N3O3S/c1-10(2)7-12(8-14)15-13(17)11-5-4-6-16(9-11)20(3,18)19/h10-12H,4-7,9H2,1-3H3,(H,15,17)/t11-,12+/m1/s1. The normalized spacial score (nSPS) is 22.2. The number of nitrogens with zero attached hydrogens (tertiary/aromatic N) is 2. The Kier molecular flexibility index (Phi) is 5.96. The second kappa shape index (κ2) is 7.04. The molecule has 0 aliphatic carbocycles. The van der Waals surface area contributed by atoms with Crippen LogP contribution in [0.2, 0.25) is 0 Å². The van der Waals surface area contributed by atoms with Crippen LogP contribution in [-0.2, 0) is 14.8 Å². The molecule has 0 aromatic carbocycles. The monoisotopic (exact) mass is 301 g/mol. The molecule has 114 valence electrons. The van der Waals surface area contributed by atoms with Crippen molar-refractivity contribution in [2.75, 3.05) is 19.3 Å². The summed E-state index contributed by atoms with van der Waals surface area (Å²) in [6.45, 7) is 4.66. The minimum atomic E-state index is -3.26. The van der Waals surface area contributed by atoms with E-state index < -0.39 is 16.1 Å². The molecule has 1 aliphatic rings. The highest BCUT2D eigenvalue weighted by Crippen LogP contribution is 2.19. The van der Waals surface area contributed by atoms with Crippen molar-refractivity contribution in [1.82, 2.24) is 9.62 Å². The van der Waals surface area contributed by atoms with Crippen LogP contribution in [0, 0.1) is 23.2 Å². The summed E-state index contributed by atoms with van der Waals surface area (Å²) in [5.74, 6) is -0.258. The Hall–Kier alpha value is -1.13. The maximum atomic E-state index is 12.1. The van der Waals surface area contributed by atoms with Crippen LogP contribution in [0.3, 0.4) is 0 Å². The number of hydrogen-bond donors (Lipinski definition) is 1. The molecule has 0 spiro atoms. The summed E-state index contributed by atoms with van der Waals surface area (Å²) in [5.41, 5.74) is 0. The van der Waals surface area contributed by atoms with E-state index in [9.17, 15) is 13.2 Å². The third kappa shape index (κ3) is 5.10. The molecule has 0 saturated carbocycles. The summed E-state index contributed by atoms with van der Waals surface area (Å²) in [5, 5.41) is 11.8. The number of carbonyl (C=O) groups is 1. The summed E-state index contributed by atoms with van der Waals surface area (Å²) >= 11 is 0. The van der Waals surface area contributed by atoms with Crippen LogP contribution >= 0.6 is 0 Å². The molecule has 0 unspecified atom stereocenters. The van der Waals surface area contributed by atoms with Gasteiger partial charge in [-0.2, -0.15) is 5.26 Å². The smallest absolute Gasteiger partial charge is 0.225 e. The first-order chi connectivity index (χ1) is 9.24. The Balaban J connectivity index is 2.61. The molecule has 0 radical (unpaired) electrons. The maximum Gasteiger partial charge on any atom is 0.225 e. The molecule has 0 bridgehead atoms. The molecule has 7 heteroatoms. The highest BCUT2D eigenvalue weighted by atomic mass is 32.2. The molecule has 1 heterocycles. The Morgan fingerprint density at radius 3 is 2.65 bits per heavy atom. The van der Waals surface area contributed by atoms with Gasteiger partial charge in [0.1, 0.15) is 6.04 Å². The molecule has 1 saturated heterocycles. The predicted octanol–water partition coefficient (Wildman–Crippen LogP) is 0.712. The summed E-state index contributed by atoms with van der Waals surface area (Å²) in [6, 6.07) is 1.58. The largest absolute Gasteiger partial charge is 0.340 e. The number of amides is 1. The van der Waals surface area contributed by atoms with Crippen molar-refractivity contribution in [3.63, 3.8) is 0 Å². The molecule has 1 rings (SSSR count). The van der Waals surface area contributed by atoms with E-state index in [4.69, 9.17) is 5.26 Å². The molecule has 1 amide bonds. The molecule has 20 heavy (non-hydrogen) atoms. The van der Waals surface area contributed by atoms with Gasteiger partial charge in [-0.1, -0.05) is 13.8 Å². The second-order valence-electron chi connectivity index (χ2n) is 5.78. The molecule has 2 atom stereocenters. The highest BCUT2D eigenvalue weighted by Gasteiger charge is 2.31. The zero-order valence-corrected chi connectivity index (χ0v) is 13.1. The second-order valence-corrected chi connectivity index (χ2v) is 7.76. The van der Waals surface area contributed by atoms with Gasteiger partial charge in [-0.3, -0.25) is 4.79 Å². The van der Waals surface area contributed by atoms with Crippen molar-refractivity contribution in [3.05, 3.63) is 0 Å². The molecule has 6 nitrogen and oxygen atoms in total. The summed E-state index contributed by atoms with van der Waals surface area (Å²) in [6.07, 6.45) is 3.10. The number of rotatable bonds is 5. The fourth-order valence-electron chi connectivity index (χ4n) is 2.36. The Morgan fingerprint density at radius 1 is 1.50 bits per heavy atom. The van der Waals surface area contributed by atoms with Crippen molar-refractivity contribution < 1.29 is 13.2 Å². The van der Waals surface area contributed by atoms with E-state index in [2.05, 4.69) is 11.4 Å². The van der Waals surface area contributed by atoms with Gasteiger partial charge >= 0.3 is 0 Å². The maximum absolute atomic E-state index is 12.1. The number of piperidine rings is 1. The van der Waals surface area contributed by atoms with E-state index in [0.717, 1.165) is 6.26 Å². The van der Waals surface area contributed by atoms with Crippen LogP contribution < -0.4 is 5.32 Å². The molecular formula is C13H23N3O3S. The summed E-state index contributed by atoms with van der Waals surface area (Å²) in [7, 11) is -3.26. The van der Waals surface area contributed by atoms with Gasteiger partial charge in [-0.25, -0.2) is 12.7 Å². The molecular weight excluding hydrogens is 278 g/mol. The average Bonchev–Trinajstić information content (AvgIpc) is 2.36. The topological polar surface area (TPSA) is 90.3 Å². The van der Waals surface area contributed by atoms with Crippen molar-refractivity contribution in [2.24, 2.45) is 11.8 Å². The Bertz CT molecular complexity index is 482. The molecule has 1 N–H and O–H groups in total. The molecule has 0 aromatic rings. The quantitative estimate of drug-likeness (QED) is 0.810. The summed E-state index contributed by atoms with van der Waals surface area (Å²) < 4.78 is 24.4. The first-order valence-electron chi connectivity index (χ1n) is 6.89. The van der Waals surface area contributed by atoms with E-state index in [-0.39, 0.29) is 18.4 Å². The van der Waals surface area contributed by atoms with Gasteiger partial charge in [0, 0.05) is 13.1 Å². The number of carbonyl (C=O) groups excluding carboxylic acids is 1. The fraction of sp³-hybridized carbons (Fsp3) is 0.846. The minimum absolute atomic E-state index is 0.213. The van der Waals surface area contributed by atoms with E-state index in [1.807, 2.05) is 13.8 Å². The number of nitriles is 1. The van der Waals surface area contributed by atoms with Crippen LogP contribution in [0.4, 0.5) is 0 Å². The van der Waals surface area contributed by atoms with Gasteiger partial charge in [-0.05, 0) is 25.2 Å². The van der Waals surface area contributed by atoms with Crippen LogP contribution in [-0.4, -0.2) is 44.0 Å². The highest BCUT2D eigenvalue weighted by molar-refractivity contribution is 7.88. The average molecular weight is 301 g/mol. The van der Waals surface area contributed by atoms with Gasteiger partial charge in [0.25, 0.3) is 0 Å². The van der Waals surface area contributed by atoms with Gasteiger partial charge in [0.05, 0.1) is 18.2 Å². The lowest BCUT2D eigenvalue weighted by atomic mass is 9.97. The first-order valence-corrected chi connectivity index (χ1v) is 8.74. The number of sulfonamides is 1. The molecule has 0 aromatic heterocycles. The van der Waals surface area contributed by atoms with E-state index in [1.165, 1.54) is 4.31 Å². The lowest BCUT2D eigenvalue weighted by Crippen LogP contribution is -2.47. The van der Waals surface area contributed by atoms with Crippen LogP contribution in [0.25, 0.3) is 0 Å². The third-order valence-electron chi connectivity index (χ3n) is 3.40. The van der Waals surface area contributed by atoms with Gasteiger partial charge in [0.2, 0.25) is 15.9 Å². The Labute approximate surface area is 121 Å². The van der Waals surface area contributed by atoms with Gasteiger partial charge in [0.15, 0.2) is 0 Å². The third-order valence-corrected chi connectivity index (χ3v) is 4.67. The molecule has 1 aliphatic heterocycles. The van der Waals surface area contributed by atoms with Gasteiger partial charge < -0.3 is 5.32 Å². The Morgan fingerprint density at radius 2 is 2.15 bits per heavy atom. The van der Waals surface area contributed by atoms with E-state index in [0.29, 0.717) is 31.7 Å². The SMILES string of the molecule is CC(C)C[C@@H](C#N)NC(=O)[C@@H]1CCCN(S(C)(=O)=O)C1. The van der Waals surface area contributed by atoms with Crippen LogP contribution in [0.15, 0.2) is 0 Å². The lowest BCUT2D eigenvalue weighted by Gasteiger charge is -2.30. The zero-order chi connectivity index (χ0) is 15.3. The minimum Gasteiger partial charge on any atom is -0.340 e. The number of nitrogens with one attached hydrogen (secondary N) is 1. The molecule has 1 fully saturated rings. The number of hydrogen-bond acceptors (Lipinski definition) is 4. The van der Waals surface area contributed by atoms with Crippen molar-refractivity contribution >= 4 is 15.9 Å². The van der Waals surface area contributed by atoms with Crippen LogP contribution in [0.5, 0.6) is 0 Å². The van der Waals surface area contributed by atoms with E-state index in [1.54, 1.807) is 0 Å². The van der Waals surface area contributed by atoms with Gasteiger partial charge in [-0.15, -0.1) is 0 Å². The van der Waals surface area contributed by atoms with Crippen LogP contribution in [0.1, 0.15) is 33.1 Å². The first kappa shape index (κ1) is 16.9. The lowest BCUT2D eigenvalue weighted by molar-refractivity contribution is -0.126. The van der Waals surface area contributed by atoms with Crippen molar-refractivity contribution in [1.29, 1.82) is 5.26 Å². The van der Waals surface area contributed by atoms with Crippen molar-refractivity contribution in [3.8, 4) is 6.07 Å². The zero-order valence-electron chi connectivity index (χ0n) is 12.3.